The maximum Gasteiger partial charge on any atom is 0.317 e. The Morgan fingerprint density at radius 3 is 2.82 bits per heavy atom. The Hall–Kier alpha value is -1.14. The van der Waals surface area contributed by atoms with Crippen molar-refractivity contribution in [2.75, 3.05) is 12.8 Å². The second-order valence-corrected chi connectivity index (χ2v) is 4.84. The minimum Gasteiger partial charge on any atom is -0.480 e. The SMILES string of the molecule is CSc1nccnc1CN(CC(=O)O)C1CC1. The Kier molecular flexibility index (Phi) is 3.96. The molecule has 5 nitrogen and oxygen atoms in total. The summed E-state index contributed by atoms with van der Waals surface area (Å²) in [7, 11) is 0. The van der Waals surface area contributed by atoms with Crippen LogP contribution in [0.5, 0.6) is 0 Å². The topological polar surface area (TPSA) is 66.3 Å². The maximum absolute atomic E-state index is 10.8. The van der Waals surface area contributed by atoms with E-state index in [1.165, 1.54) is 0 Å². The molecule has 0 spiro atoms. The van der Waals surface area contributed by atoms with Crippen molar-refractivity contribution in [3.8, 4) is 0 Å². The molecule has 1 N–H and O–H groups in total. The van der Waals surface area contributed by atoms with E-state index in [4.69, 9.17) is 5.11 Å². The van der Waals surface area contributed by atoms with Gasteiger partial charge in [-0.25, -0.2) is 4.98 Å². The quantitative estimate of drug-likeness (QED) is 0.770. The van der Waals surface area contributed by atoms with Gasteiger partial charge in [0.1, 0.15) is 5.03 Å². The van der Waals surface area contributed by atoms with Gasteiger partial charge in [-0.05, 0) is 19.1 Å². The molecule has 2 rings (SSSR count). The number of aromatic nitrogens is 2. The van der Waals surface area contributed by atoms with Gasteiger partial charge in [0.2, 0.25) is 0 Å². The first kappa shape index (κ1) is 12.3. The third kappa shape index (κ3) is 3.41. The highest BCUT2D eigenvalue weighted by molar-refractivity contribution is 7.98. The van der Waals surface area contributed by atoms with E-state index in [-0.39, 0.29) is 6.54 Å². The molecule has 17 heavy (non-hydrogen) atoms. The monoisotopic (exact) mass is 253 g/mol. The summed E-state index contributed by atoms with van der Waals surface area (Å²) in [5.74, 6) is -0.786. The fourth-order valence-corrected chi connectivity index (χ4v) is 2.27. The number of carboxylic acid groups (broad SMARTS) is 1. The molecule has 1 heterocycles. The van der Waals surface area contributed by atoms with Crippen LogP contribution in [0.2, 0.25) is 0 Å². The van der Waals surface area contributed by atoms with E-state index >= 15 is 0 Å². The Balaban J connectivity index is 2.08. The molecule has 1 saturated carbocycles. The molecule has 0 atom stereocenters. The number of hydrogen-bond acceptors (Lipinski definition) is 5. The number of rotatable bonds is 6. The molecule has 0 amide bonds. The van der Waals surface area contributed by atoms with Crippen LogP contribution < -0.4 is 0 Å². The normalized spacial score (nSPS) is 15.2. The highest BCUT2D eigenvalue weighted by Crippen LogP contribution is 2.28. The average molecular weight is 253 g/mol. The third-order valence-corrected chi connectivity index (χ3v) is 3.41. The number of hydrogen-bond donors (Lipinski definition) is 1. The summed E-state index contributed by atoms with van der Waals surface area (Å²) >= 11 is 1.54. The van der Waals surface area contributed by atoms with Crippen molar-refractivity contribution in [2.24, 2.45) is 0 Å². The maximum atomic E-state index is 10.8. The third-order valence-electron chi connectivity index (χ3n) is 2.68. The zero-order valence-electron chi connectivity index (χ0n) is 9.67. The number of carboxylic acids is 1. The zero-order chi connectivity index (χ0) is 12.3. The predicted molar refractivity (Wildman–Crippen MR) is 64.9 cm³/mol. The van der Waals surface area contributed by atoms with Crippen LogP contribution in [0.1, 0.15) is 18.5 Å². The summed E-state index contributed by atoms with van der Waals surface area (Å²) in [5.41, 5.74) is 0.869. The van der Waals surface area contributed by atoms with Crippen LogP contribution in [0.15, 0.2) is 17.4 Å². The number of carbonyl (C=O) groups is 1. The molecule has 1 aliphatic carbocycles. The molecule has 1 aromatic rings. The van der Waals surface area contributed by atoms with Crippen molar-refractivity contribution < 1.29 is 9.90 Å². The second kappa shape index (κ2) is 5.46. The lowest BCUT2D eigenvalue weighted by molar-refractivity contribution is -0.138. The van der Waals surface area contributed by atoms with Gasteiger partial charge >= 0.3 is 5.97 Å². The van der Waals surface area contributed by atoms with E-state index < -0.39 is 5.97 Å². The molecule has 6 heteroatoms. The zero-order valence-corrected chi connectivity index (χ0v) is 10.5. The van der Waals surface area contributed by atoms with E-state index in [9.17, 15) is 4.79 Å². The van der Waals surface area contributed by atoms with Crippen LogP contribution in [0.3, 0.4) is 0 Å². The first-order chi connectivity index (χ1) is 8.20. The molecule has 0 saturated heterocycles. The van der Waals surface area contributed by atoms with Gasteiger partial charge in [-0.2, -0.15) is 0 Å². The Bertz CT molecular complexity index is 409. The molecule has 0 radical (unpaired) electrons. The molecule has 1 aromatic heterocycles. The Labute approximate surface area is 104 Å². The fraction of sp³-hybridized carbons (Fsp3) is 0.545. The lowest BCUT2D eigenvalue weighted by atomic mass is 10.3. The predicted octanol–water partition coefficient (Wildman–Crippen LogP) is 1.25. The van der Waals surface area contributed by atoms with Gasteiger partial charge in [0.05, 0.1) is 12.2 Å². The van der Waals surface area contributed by atoms with Gasteiger partial charge in [-0.15, -0.1) is 11.8 Å². The van der Waals surface area contributed by atoms with Crippen LogP contribution in [0.25, 0.3) is 0 Å². The number of nitrogens with zero attached hydrogens (tertiary/aromatic N) is 3. The van der Waals surface area contributed by atoms with E-state index in [0.29, 0.717) is 12.6 Å². The van der Waals surface area contributed by atoms with Gasteiger partial charge in [-0.3, -0.25) is 14.7 Å². The minimum absolute atomic E-state index is 0.0784. The van der Waals surface area contributed by atoms with Gasteiger partial charge in [-0.1, -0.05) is 0 Å². The molecule has 0 aromatic carbocycles. The molecular weight excluding hydrogens is 238 g/mol. The summed E-state index contributed by atoms with van der Waals surface area (Å²) in [5, 5.41) is 9.76. The lowest BCUT2D eigenvalue weighted by Crippen LogP contribution is -2.31. The molecule has 1 aliphatic rings. The average Bonchev–Trinajstić information content (AvgIpc) is 3.12. The molecule has 92 valence electrons. The summed E-state index contributed by atoms with van der Waals surface area (Å²) in [6, 6.07) is 0.405. The second-order valence-electron chi connectivity index (χ2n) is 4.04. The number of thioether (sulfide) groups is 1. The van der Waals surface area contributed by atoms with Crippen molar-refractivity contribution in [2.45, 2.75) is 30.5 Å². The first-order valence-electron chi connectivity index (χ1n) is 5.50. The molecule has 0 bridgehead atoms. The molecular formula is C11H15N3O2S. The highest BCUT2D eigenvalue weighted by atomic mass is 32.2. The minimum atomic E-state index is -0.786. The van der Waals surface area contributed by atoms with Gasteiger partial charge < -0.3 is 5.11 Å². The van der Waals surface area contributed by atoms with Crippen LogP contribution >= 0.6 is 11.8 Å². The lowest BCUT2D eigenvalue weighted by Gasteiger charge is -2.19. The smallest absolute Gasteiger partial charge is 0.317 e. The standard InChI is InChI=1S/C11H15N3O2S/c1-17-11-9(12-4-5-13-11)6-14(7-10(15)16)8-2-3-8/h4-5,8H,2-3,6-7H2,1H3,(H,15,16). The van der Waals surface area contributed by atoms with Crippen LogP contribution in [-0.4, -0.2) is 44.8 Å². The molecule has 1 fully saturated rings. The fourth-order valence-electron chi connectivity index (χ4n) is 1.75. The van der Waals surface area contributed by atoms with Gasteiger partial charge in [0, 0.05) is 25.0 Å². The van der Waals surface area contributed by atoms with Gasteiger partial charge in [0.25, 0.3) is 0 Å². The summed E-state index contributed by atoms with van der Waals surface area (Å²) in [6.07, 6.45) is 7.44. The Morgan fingerprint density at radius 2 is 2.24 bits per heavy atom. The largest absolute Gasteiger partial charge is 0.480 e. The Morgan fingerprint density at radius 1 is 1.53 bits per heavy atom. The van der Waals surface area contributed by atoms with Crippen LogP contribution in [0, 0.1) is 0 Å². The van der Waals surface area contributed by atoms with Crippen LogP contribution in [-0.2, 0) is 11.3 Å². The van der Waals surface area contributed by atoms with Gasteiger partial charge in [0.15, 0.2) is 0 Å². The van der Waals surface area contributed by atoms with Crippen molar-refractivity contribution >= 4 is 17.7 Å². The van der Waals surface area contributed by atoms with E-state index in [1.54, 1.807) is 24.2 Å². The summed E-state index contributed by atoms with van der Waals surface area (Å²) in [6.45, 7) is 0.649. The summed E-state index contributed by atoms with van der Waals surface area (Å²) < 4.78 is 0. The van der Waals surface area contributed by atoms with E-state index in [1.807, 2.05) is 11.2 Å². The first-order valence-corrected chi connectivity index (χ1v) is 6.73. The van der Waals surface area contributed by atoms with E-state index in [0.717, 1.165) is 23.6 Å². The van der Waals surface area contributed by atoms with Crippen molar-refractivity contribution in [3.63, 3.8) is 0 Å². The van der Waals surface area contributed by atoms with Crippen molar-refractivity contribution in [3.05, 3.63) is 18.1 Å². The molecule has 0 unspecified atom stereocenters. The molecule has 0 aliphatic heterocycles. The number of aliphatic carboxylic acids is 1. The van der Waals surface area contributed by atoms with E-state index in [2.05, 4.69) is 9.97 Å². The van der Waals surface area contributed by atoms with Crippen molar-refractivity contribution in [1.29, 1.82) is 0 Å². The van der Waals surface area contributed by atoms with Crippen molar-refractivity contribution in [1.82, 2.24) is 14.9 Å². The van der Waals surface area contributed by atoms with Crippen LogP contribution in [0.4, 0.5) is 0 Å². The highest BCUT2D eigenvalue weighted by Gasteiger charge is 2.31. The summed E-state index contributed by atoms with van der Waals surface area (Å²) in [4.78, 5) is 21.3.